The number of benzene rings is 2. The van der Waals surface area contributed by atoms with Crippen LogP contribution in [-0.2, 0) is 31.0 Å². The second-order valence-electron chi connectivity index (χ2n) is 10.5. The summed E-state index contributed by atoms with van der Waals surface area (Å²) in [5.74, 6) is -0.416. The van der Waals surface area contributed by atoms with E-state index < -0.39 is 29.1 Å². The minimum absolute atomic E-state index is 0.00889. The van der Waals surface area contributed by atoms with Gasteiger partial charge in [0.05, 0.1) is 12.7 Å². The van der Waals surface area contributed by atoms with E-state index in [1.807, 2.05) is 48.5 Å². The number of carbonyl (C=O) groups excluding carboxylic acids is 3. The van der Waals surface area contributed by atoms with Crippen LogP contribution >= 0.6 is 0 Å². The number of nitrogens with zero attached hydrogens (tertiary/aromatic N) is 2. The quantitative estimate of drug-likeness (QED) is 0.712. The third-order valence-electron chi connectivity index (χ3n) is 8.53. The maximum atomic E-state index is 14.0. The smallest absolute Gasteiger partial charge is 0.247 e. The van der Waals surface area contributed by atoms with Crippen molar-refractivity contribution < 1.29 is 19.1 Å². The van der Waals surface area contributed by atoms with Gasteiger partial charge in [-0.05, 0) is 23.6 Å². The Morgan fingerprint density at radius 2 is 1.79 bits per heavy atom. The normalized spacial score (nSPS) is 31.6. The van der Waals surface area contributed by atoms with Gasteiger partial charge in [0, 0.05) is 29.9 Å². The van der Waals surface area contributed by atoms with Crippen LogP contribution in [-0.4, -0.2) is 53.6 Å². The Morgan fingerprint density at radius 3 is 2.47 bits per heavy atom. The van der Waals surface area contributed by atoms with Gasteiger partial charge in [-0.2, -0.15) is 0 Å². The van der Waals surface area contributed by atoms with Crippen molar-refractivity contribution >= 4 is 23.4 Å². The van der Waals surface area contributed by atoms with Crippen LogP contribution < -0.4 is 10.2 Å². The highest BCUT2D eigenvalue weighted by Crippen LogP contribution is 2.64. The molecule has 0 aromatic heterocycles. The fourth-order valence-corrected chi connectivity index (χ4v) is 6.73. The fraction of sp³-hybridized carbons (Fsp3) is 0.444. The number of carbonyl (C=O) groups is 3. The van der Waals surface area contributed by atoms with Crippen molar-refractivity contribution in [3.05, 3.63) is 65.7 Å². The van der Waals surface area contributed by atoms with Crippen LogP contribution in [0.3, 0.4) is 0 Å². The maximum absolute atomic E-state index is 14.0. The number of fused-ring (bicyclic) bond motifs is 5. The zero-order valence-corrected chi connectivity index (χ0v) is 19.7. The lowest BCUT2D eigenvalue weighted by Gasteiger charge is -2.46. The lowest BCUT2D eigenvalue weighted by Crippen LogP contribution is -2.67. The van der Waals surface area contributed by atoms with E-state index >= 15 is 0 Å². The number of para-hydroxylation sites is 1. The Labute approximate surface area is 199 Å². The molecule has 0 spiro atoms. The first-order valence-electron chi connectivity index (χ1n) is 11.9. The number of ether oxygens (including phenoxy) is 1. The summed E-state index contributed by atoms with van der Waals surface area (Å²) in [6.45, 7) is 6.49. The molecule has 3 saturated heterocycles. The summed E-state index contributed by atoms with van der Waals surface area (Å²) in [5.41, 5.74) is 1.81. The van der Waals surface area contributed by atoms with Gasteiger partial charge < -0.3 is 15.0 Å². The van der Waals surface area contributed by atoms with Crippen LogP contribution in [0, 0.1) is 5.41 Å². The minimum Gasteiger partial charge on any atom is -0.373 e. The number of rotatable bonds is 4. The summed E-state index contributed by atoms with van der Waals surface area (Å²) in [5, 5.41) is 2.99. The summed E-state index contributed by atoms with van der Waals surface area (Å²) in [4.78, 5) is 44.0. The highest BCUT2D eigenvalue weighted by atomic mass is 16.6. The number of amides is 3. The molecule has 0 saturated carbocycles. The third kappa shape index (κ3) is 2.70. The van der Waals surface area contributed by atoms with Gasteiger partial charge in [0.2, 0.25) is 17.7 Å². The molecule has 0 bridgehead atoms. The van der Waals surface area contributed by atoms with Gasteiger partial charge in [0.15, 0.2) is 0 Å². The summed E-state index contributed by atoms with van der Waals surface area (Å²) < 4.78 is 5.80. The van der Waals surface area contributed by atoms with E-state index in [0.29, 0.717) is 19.4 Å². The van der Waals surface area contributed by atoms with Gasteiger partial charge in [0.25, 0.3) is 0 Å². The van der Waals surface area contributed by atoms with Crippen molar-refractivity contribution in [1.82, 2.24) is 10.2 Å². The van der Waals surface area contributed by atoms with Crippen LogP contribution in [0.25, 0.3) is 0 Å². The van der Waals surface area contributed by atoms with Crippen molar-refractivity contribution in [3.63, 3.8) is 0 Å². The van der Waals surface area contributed by atoms with Gasteiger partial charge in [-0.15, -0.1) is 0 Å². The predicted octanol–water partition coefficient (Wildman–Crippen LogP) is 2.38. The predicted molar refractivity (Wildman–Crippen MR) is 126 cm³/mol. The lowest BCUT2D eigenvalue weighted by atomic mass is 9.58. The Morgan fingerprint density at radius 1 is 1.12 bits per heavy atom. The number of hydrogen-bond donors (Lipinski definition) is 1. The Hall–Kier alpha value is -3.19. The minimum atomic E-state index is -0.667. The molecule has 4 aliphatic heterocycles. The van der Waals surface area contributed by atoms with Crippen LogP contribution in [0.4, 0.5) is 5.69 Å². The molecule has 2 aromatic rings. The molecule has 176 valence electrons. The van der Waals surface area contributed by atoms with E-state index in [1.165, 1.54) is 6.92 Å². The largest absolute Gasteiger partial charge is 0.373 e. The van der Waals surface area contributed by atoms with Crippen LogP contribution in [0.1, 0.15) is 38.3 Å². The molecule has 1 N–H and O–H groups in total. The van der Waals surface area contributed by atoms with Crippen molar-refractivity contribution in [2.24, 2.45) is 5.41 Å². The SMILES string of the molecule is CC(=O)N1c2ccccc2[C@]2(C(C)(C)C3CO3)C[C@H]3C(=O)N[C@@H](Cc4ccccc4)C(=O)N3[C@H]12. The summed E-state index contributed by atoms with van der Waals surface area (Å²) >= 11 is 0. The highest BCUT2D eigenvalue weighted by molar-refractivity contribution is 6.02. The van der Waals surface area contributed by atoms with Crippen LogP contribution in [0.2, 0.25) is 0 Å². The zero-order valence-electron chi connectivity index (χ0n) is 19.7. The maximum Gasteiger partial charge on any atom is 0.247 e. The summed E-state index contributed by atoms with van der Waals surface area (Å²) in [7, 11) is 0. The molecule has 34 heavy (non-hydrogen) atoms. The number of anilines is 1. The molecule has 3 fully saturated rings. The second kappa shape index (κ2) is 7.15. The standard InChI is InChI=1S/C27H29N3O4/c1-16(31)29-20-12-8-7-11-18(20)27(26(2,3)22-15-34-22)14-21-23(32)28-19(24(33)30(21)25(27)29)13-17-9-5-4-6-10-17/h4-12,19,21-22,25H,13-15H2,1-3H3,(H,28,32)/t19-,21-,22?,25-,27+/m0/s1. The molecule has 6 rings (SSSR count). The average Bonchev–Trinajstić information content (AvgIpc) is 3.55. The fourth-order valence-electron chi connectivity index (χ4n) is 6.73. The van der Waals surface area contributed by atoms with E-state index in [1.54, 1.807) is 9.80 Å². The van der Waals surface area contributed by atoms with E-state index in [9.17, 15) is 14.4 Å². The Balaban J connectivity index is 1.50. The Bertz CT molecular complexity index is 1190. The molecule has 4 heterocycles. The molecule has 0 aliphatic carbocycles. The van der Waals surface area contributed by atoms with Gasteiger partial charge in [-0.3, -0.25) is 19.3 Å². The number of piperazine rings is 1. The number of hydrogen-bond acceptors (Lipinski definition) is 4. The zero-order chi connectivity index (χ0) is 23.8. The monoisotopic (exact) mass is 459 g/mol. The van der Waals surface area contributed by atoms with Crippen LogP contribution in [0.5, 0.6) is 0 Å². The molecular weight excluding hydrogens is 430 g/mol. The van der Waals surface area contributed by atoms with Crippen molar-refractivity contribution in [2.75, 3.05) is 11.5 Å². The summed E-state index contributed by atoms with van der Waals surface area (Å²) in [6, 6.07) is 16.3. The molecular formula is C27H29N3O4. The first kappa shape index (κ1) is 21.4. The van der Waals surface area contributed by atoms with E-state index in [-0.39, 0.29) is 23.8 Å². The molecule has 4 aliphatic rings. The molecule has 0 radical (unpaired) electrons. The molecule has 2 aromatic carbocycles. The van der Waals surface area contributed by atoms with E-state index in [0.717, 1.165) is 16.8 Å². The number of epoxide rings is 1. The van der Waals surface area contributed by atoms with E-state index in [2.05, 4.69) is 25.2 Å². The second-order valence-corrected chi connectivity index (χ2v) is 10.5. The van der Waals surface area contributed by atoms with Gasteiger partial charge >= 0.3 is 0 Å². The van der Waals surface area contributed by atoms with E-state index in [4.69, 9.17) is 4.74 Å². The molecule has 7 heteroatoms. The average molecular weight is 460 g/mol. The van der Waals surface area contributed by atoms with Crippen molar-refractivity contribution in [3.8, 4) is 0 Å². The first-order chi connectivity index (χ1) is 16.3. The first-order valence-corrected chi connectivity index (χ1v) is 11.9. The van der Waals surface area contributed by atoms with Crippen molar-refractivity contribution in [1.29, 1.82) is 0 Å². The van der Waals surface area contributed by atoms with Gasteiger partial charge in [-0.1, -0.05) is 62.4 Å². The molecule has 1 unspecified atom stereocenters. The van der Waals surface area contributed by atoms with Gasteiger partial charge in [-0.25, -0.2) is 0 Å². The van der Waals surface area contributed by atoms with Crippen LogP contribution in [0.15, 0.2) is 54.6 Å². The highest BCUT2D eigenvalue weighted by Gasteiger charge is 2.72. The molecule has 3 amide bonds. The molecule has 7 nitrogen and oxygen atoms in total. The van der Waals surface area contributed by atoms with Gasteiger partial charge in [0.1, 0.15) is 18.2 Å². The third-order valence-corrected chi connectivity index (χ3v) is 8.53. The van der Waals surface area contributed by atoms with Crippen molar-refractivity contribution in [2.45, 2.75) is 63.4 Å². The Kier molecular flexibility index (Phi) is 4.49. The molecule has 5 atom stereocenters. The topological polar surface area (TPSA) is 82.2 Å². The number of nitrogens with one attached hydrogen (secondary N) is 1. The summed E-state index contributed by atoms with van der Waals surface area (Å²) in [6.07, 6.45) is 0.315. The lowest BCUT2D eigenvalue weighted by molar-refractivity contribution is -0.149.